The number of hydrogen-bond donors (Lipinski definition) is 0. The second-order valence-electron chi connectivity index (χ2n) is 20.6. The van der Waals surface area contributed by atoms with Gasteiger partial charge < -0.3 is 14.2 Å². The first-order valence-corrected chi connectivity index (χ1v) is 31.1. The molecule has 6 heteroatoms. The molecular weight excluding hydrogens is 901 g/mol. The molecule has 0 unspecified atom stereocenters. The van der Waals surface area contributed by atoms with Crippen molar-refractivity contribution in [3.05, 3.63) is 85.1 Å². The fourth-order valence-corrected chi connectivity index (χ4v) is 8.69. The lowest BCUT2D eigenvalue weighted by Gasteiger charge is -2.18. The average Bonchev–Trinajstić information content (AvgIpc) is 3.39. The first-order chi connectivity index (χ1) is 36.0. The summed E-state index contributed by atoms with van der Waals surface area (Å²) in [6.45, 7) is 6.55. The van der Waals surface area contributed by atoms with E-state index in [-0.39, 0.29) is 37.5 Å². The molecule has 73 heavy (non-hydrogen) atoms. The third-order valence-electron chi connectivity index (χ3n) is 13.4. The van der Waals surface area contributed by atoms with Crippen LogP contribution in [-0.4, -0.2) is 37.2 Å². The van der Waals surface area contributed by atoms with Gasteiger partial charge in [0.05, 0.1) is 0 Å². The molecule has 0 aliphatic rings. The molecule has 0 rings (SSSR count). The highest BCUT2D eigenvalue weighted by atomic mass is 16.6. The maximum absolute atomic E-state index is 12.9. The molecule has 1 atom stereocenters. The number of carbonyl (C=O) groups excluding carboxylic acids is 3. The standard InChI is InChI=1S/C67H116O6/c1-4-7-10-13-16-19-22-25-28-31-33-36-38-41-44-47-50-53-56-59-65(68)71-62-64(73-67(70)61-58-55-52-49-46-43-40-35-30-27-24-21-18-15-12-9-6-3)63-72-66(69)60-57-54-51-48-45-42-39-37-34-32-29-26-23-20-17-14-11-8-5-2/h16,18-19,21,25,27-28,30,33,36,41,44,50,53,64H,4-15,17,20,22-24,26,29,31-32,34-35,37-40,42-43,45-49,51-52,54-63H2,1-3H3/b19-16-,21-18-,28-25-,30-27-,36-33-,44-41-,53-50-/t64-/m1/s1. The van der Waals surface area contributed by atoms with Gasteiger partial charge in [-0.05, 0) is 89.9 Å². The van der Waals surface area contributed by atoms with Gasteiger partial charge in [0.2, 0.25) is 0 Å². The predicted octanol–water partition coefficient (Wildman–Crippen LogP) is 21.1. The quantitative estimate of drug-likeness (QED) is 0.0261. The lowest BCUT2D eigenvalue weighted by Crippen LogP contribution is -2.30. The minimum atomic E-state index is -0.811. The van der Waals surface area contributed by atoms with Crippen LogP contribution in [0, 0.1) is 0 Å². The second-order valence-corrected chi connectivity index (χ2v) is 20.6. The highest BCUT2D eigenvalue weighted by Gasteiger charge is 2.19. The van der Waals surface area contributed by atoms with E-state index in [2.05, 4.69) is 99.8 Å². The number of allylic oxidation sites excluding steroid dienone is 14. The van der Waals surface area contributed by atoms with Gasteiger partial charge in [0.25, 0.3) is 0 Å². The fourth-order valence-electron chi connectivity index (χ4n) is 8.69. The van der Waals surface area contributed by atoms with Crippen molar-refractivity contribution in [2.45, 2.75) is 309 Å². The minimum absolute atomic E-state index is 0.100. The van der Waals surface area contributed by atoms with Gasteiger partial charge in [-0.3, -0.25) is 14.4 Å². The number of rotatable bonds is 56. The van der Waals surface area contributed by atoms with Crippen molar-refractivity contribution in [2.75, 3.05) is 13.2 Å². The first kappa shape index (κ1) is 69.6. The molecule has 0 heterocycles. The number of carbonyl (C=O) groups is 3. The third-order valence-corrected chi connectivity index (χ3v) is 13.4. The Hall–Kier alpha value is -3.41. The SMILES string of the molecule is CCCCC/C=C\C/C=C\C/C=C\C/C=C\C/C=C\CCC(=O)OC[C@H](COC(=O)CCCCCCCCCCCCCCCCCCCCC)OC(=O)CCCCCCCCC/C=C\C/C=C\CCCCC. The molecule has 0 spiro atoms. The van der Waals surface area contributed by atoms with Crippen molar-refractivity contribution >= 4 is 17.9 Å². The summed E-state index contributed by atoms with van der Waals surface area (Å²) in [6.07, 6.45) is 80.2. The van der Waals surface area contributed by atoms with Crippen molar-refractivity contribution in [3.8, 4) is 0 Å². The van der Waals surface area contributed by atoms with E-state index in [0.717, 1.165) is 77.0 Å². The van der Waals surface area contributed by atoms with Crippen LogP contribution in [-0.2, 0) is 28.6 Å². The Bertz CT molecular complexity index is 1400. The Kier molecular flexibility index (Phi) is 58.3. The van der Waals surface area contributed by atoms with Crippen LogP contribution in [0.25, 0.3) is 0 Å². The Labute approximate surface area is 452 Å². The number of ether oxygens (including phenoxy) is 3. The zero-order valence-corrected chi connectivity index (χ0v) is 48.1. The lowest BCUT2D eigenvalue weighted by molar-refractivity contribution is -0.166. The normalized spacial score (nSPS) is 12.6. The van der Waals surface area contributed by atoms with Crippen molar-refractivity contribution in [2.24, 2.45) is 0 Å². The van der Waals surface area contributed by atoms with E-state index >= 15 is 0 Å². The van der Waals surface area contributed by atoms with Crippen molar-refractivity contribution in [3.63, 3.8) is 0 Å². The molecule has 420 valence electrons. The molecule has 0 bridgehead atoms. The average molecular weight is 1020 g/mol. The maximum atomic E-state index is 12.9. The number of esters is 3. The Morgan fingerprint density at radius 2 is 0.521 bits per heavy atom. The number of hydrogen-bond acceptors (Lipinski definition) is 6. The van der Waals surface area contributed by atoms with E-state index < -0.39 is 6.10 Å². The van der Waals surface area contributed by atoms with E-state index in [1.54, 1.807) is 0 Å². The highest BCUT2D eigenvalue weighted by Crippen LogP contribution is 2.16. The lowest BCUT2D eigenvalue weighted by atomic mass is 10.0. The van der Waals surface area contributed by atoms with E-state index in [1.807, 2.05) is 6.08 Å². The summed E-state index contributed by atoms with van der Waals surface area (Å²) in [6, 6.07) is 0. The van der Waals surface area contributed by atoms with Crippen LogP contribution < -0.4 is 0 Å². The van der Waals surface area contributed by atoms with Crippen molar-refractivity contribution in [1.29, 1.82) is 0 Å². The second kappa shape index (κ2) is 61.1. The summed E-state index contributed by atoms with van der Waals surface area (Å²) in [5.41, 5.74) is 0. The van der Waals surface area contributed by atoms with Gasteiger partial charge in [-0.25, -0.2) is 0 Å². The van der Waals surface area contributed by atoms with Crippen molar-refractivity contribution in [1.82, 2.24) is 0 Å². The largest absolute Gasteiger partial charge is 0.462 e. The summed E-state index contributed by atoms with van der Waals surface area (Å²) >= 11 is 0. The third kappa shape index (κ3) is 59.3. The Morgan fingerprint density at radius 1 is 0.274 bits per heavy atom. The van der Waals surface area contributed by atoms with Crippen LogP contribution in [0.5, 0.6) is 0 Å². The maximum Gasteiger partial charge on any atom is 0.306 e. The van der Waals surface area contributed by atoms with E-state index in [4.69, 9.17) is 14.2 Å². The van der Waals surface area contributed by atoms with E-state index in [9.17, 15) is 14.4 Å². The molecule has 0 N–H and O–H groups in total. The summed E-state index contributed by atoms with van der Waals surface area (Å²) in [5, 5.41) is 0. The van der Waals surface area contributed by atoms with Crippen LogP contribution in [0.3, 0.4) is 0 Å². The number of unbranched alkanes of at least 4 members (excludes halogenated alkanes) is 31. The zero-order valence-electron chi connectivity index (χ0n) is 48.1. The summed E-state index contributed by atoms with van der Waals surface area (Å²) in [7, 11) is 0. The van der Waals surface area contributed by atoms with E-state index in [1.165, 1.54) is 180 Å². The molecular formula is C67H116O6. The van der Waals surface area contributed by atoms with Gasteiger partial charge in [0, 0.05) is 19.3 Å². The predicted molar refractivity (Wildman–Crippen MR) is 316 cm³/mol. The molecule has 0 aromatic carbocycles. The highest BCUT2D eigenvalue weighted by molar-refractivity contribution is 5.71. The first-order valence-electron chi connectivity index (χ1n) is 31.1. The minimum Gasteiger partial charge on any atom is -0.462 e. The summed E-state index contributed by atoms with van der Waals surface area (Å²) < 4.78 is 16.8. The summed E-state index contributed by atoms with van der Waals surface area (Å²) in [5.74, 6) is -0.983. The molecule has 0 amide bonds. The van der Waals surface area contributed by atoms with Crippen LogP contribution in [0.4, 0.5) is 0 Å². The van der Waals surface area contributed by atoms with Gasteiger partial charge >= 0.3 is 17.9 Å². The molecule has 0 aliphatic heterocycles. The Morgan fingerprint density at radius 3 is 0.877 bits per heavy atom. The zero-order chi connectivity index (χ0) is 52.9. The van der Waals surface area contributed by atoms with Gasteiger partial charge in [-0.2, -0.15) is 0 Å². The van der Waals surface area contributed by atoms with Crippen LogP contribution >= 0.6 is 0 Å². The Balaban J connectivity index is 4.47. The van der Waals surface area contributed by atoms with Crippen LogP contribution in [0.1, 0.15) is 303 Å². The molecule has 0 fully saturated rings. The van der Waals surface area contributed by atoms with Crippen LogP contribution in [0.15, 0.2) is 85.1 Å². The van der Waals surface area contributed by atoms with Gasteiger partial charge in [-0.15, -0.1) is 0 Å². The monoisotopic (exact) mass is 1020 g/mol. The molecule has 0 aliphatic carbocycles. The van der Waals surface area contributed by atoms with Crippen LogP contribution in [0.2, 0.25) is 0 Å². The molecule has 0 aromatic heterocycles. The van der Waals surface area contributed by atoms with Gasteiger partial charge in [0.1, 0.15) is 13.2 Å². The van der Waals surface area contributed by atoms with Gasteiger partial charge in [0.15, 0.2) is 6.10 Å². The smallest absolute Gasteiger partial charge is 0.306 e. The fraction of sp³-hybridized carbons (Fsp3) is 0.746. The van der Waals surface area contributed by atoms with Crippen molar-refractivity contribution < 1.29 is 28.6 Å². The summed E-state index contributed by atoms with van der Waals surface area (Å²) in [4.78, 5) is 38.2. The van der Waals surface area contributed by atoms with Gasteiger partial charge in [-0.1, -0.05) is 279 Å². The molecule has 0 saturated carbocycles. The molecule has 6 nitrogen and oxygen atoms in total. The molecule has 0 radical (unpaired) electrons. The topological polar surface area (TPSA) is 78.9 Å². The molecule has 0 aromatic rings. The van der Waals surface area contributed by atoms with E-state index in [0.29, 0.717) is 19.3 Å². The molecule has 0 saturated heterocycles.